The van der Waals surface area contributed by atoms with Crippen LogP contribution in [0, 0.1) is 0 Å². The van der Waals surface area contributed by atoms with E-state index >= 15 is 0 Å². The first-order chi connectivity index (χ1) is 8.16. The largest absolute Gasteiger partial charge is 0.292 e. The Balaban J connectivity index is 1.91. The third-order valence-corrected chi connectivity index (χ3v) is 6.47. The molecule has 94 valence electrons. The van der Waals surface area contributed by atoms with Crippen LogP contribution in [-0.2, 0) is 10.8 Å². The number of halogens is 1. The number of hydrogen-bond donors (Lipinski definition) is 0. The topological polar surface area (TPSA) is 34.1 Å². The minimum absolute atomic E-state index is 0.0182. The Bertz CT molecular complexity index is 422. The number of thiophene rings is 1. The van der Waals surface area contributed by atoms with Crippen LogP contribution in [0.25, 0.3) is 0 Å². The molecule has 1 heterocycles. The van der Waals surface area contributed by atoms with Crippen molar-refractivity contribution in [1.82, 2.24) is 0 Å². The van der Waals surface area contributed by atoms with Crippen LogP contribution in [0.15, 0.2) is 15.9 Å². The van der Waals surface area contributed by atoms with Gasteiger partial charge in [-0.25, -0.2) is 0 Å². The number of Topliss-reactive ketones (excluding diaryl/α,β-unsaturated/α-hetero) is 1. The molecule has 0 N–H and O–H groups in total. The summed E-state index contributed by atoms with van der Waals surface area (Å²) < 4.78 is 13.0. The Hall–Kier alpha value is -0.0000000000000000833. The molecule has 0 bridgehead atoms. The molecule has 1 aromatic heterocycles. The lowest BCUT2D eigenvalue weighted by atomic mass is 10.0. The lowest BCUT2D eigenvalue weighted by molar-refractivity contribution is 0.102. The quantitative estimate of drug-likeness (QED) is 0.785. The lowest BCUT2D eigenvalue weighted by Crippen LogP contribution is -2.24. The zero-order valence-corrected chi connectivity index (χ0v) is 12.7. The lowest BCUT2D eigenvalue weighted by Gasteiger charge is -2.20. The Morgan fingerprint density at radius 2 is 2.06 bits per heavy atom. The van der Waals surface area contributed by atoms with Crippen LogP contribution in [-0.4, -0.2) is 21.0 Å². The van der Waals surface area contributed by atoms with Crippen molar-refractivity contribution in [3.05, 3.63) is 20.8 Å². The summed E-state index contributed by atoms with van der Waals surface area (Å²) in [5, 5.41) is 0.246. The van der Waals surface area contributed by atoms with Crippen molar-refractivity contribution in [3.8, 4) is 0 Å². The zero-order chi connectivity index (χ0) is 12.3. The number of ketones is 1. The van der Waals surface area contributed by atoms with E-state index in [1.165, 1.54) is 17.8 Å². The highest BCUT2D eigenvalue weighted by Crippen LogP contribution is 2.25. The summed E-state index contributed by atoms with van der Waals surface area (Å²) >= 11 is 4.75. The number of carbonyl (C=O) groups is 1. The van der Waals surface area contributed by atoms with E-state index in [0.29, 0.717) is 4.88 Å². The van der Waals surface area contributed by atoms with Gasteiger partial charge in [0.1, 0.15) is 0 Å². The van der Waals surface area contributed by atoms with Crippen molar-refractivity contribution in [2.75, 3.05) is 5.75 Å². The van der Waals surface area contributed by atoms with Gasteiger partial charge in [-0.3, -0.25) is 9.00 Å². The van der Waals surface area contributed by atoms with E-state index < -0.39 is 10.8 Å². The van der Waals surface area contributed by atoms with E-state index in [0.717, 1.165) is 29.5 Å². The molecule has 1 aromatic rings. The highest BCUT2D eigenvalue weighted by Gasteiger charge is 2.22. The molecule has 0 spiro atoms. The molecule has 2 nitrogen and oxygen atoms in total. The minimum atomic E-state index is -0.986. The third-order valence-electron chi connectivity index (χ3n) is 3.05. The molecular formula is C12H15BrO2S2. The SMILES string of the molecule is O=C(CS(=O)C1CCCCC1)c1ccc(Br)s1. The summed E-state index contributed by atoms with van der Waals surface area (Å²) in [7, 11) is -0.986. The monoisotopic (exact) mass is 334 g/mol. The van der Waals surface area contributed by atoms with E-state index in [-0.39, 0.29) is 16.8 Å². The molecular weight excluding hydrogens is 320 g/mol. The van der Waals surface area contributed by atoms with Crippen molar-refractivity contribution in [2.45, 2.75) is 37.4 Å². The summed E-state index contributed by atoms with van der Waals surface area (Å²) in [6, 6.07) is 3.66. The van der Waals surface area contributed by atoms with E-state index in [2.05, 4.69) is 15.9 Å². The fourth-order valence-electron chi connectivity index (χ4n) is 2.11. The van der Waals surface area contributed by atoms with E-state index in [4.69, 9.17) is 0 Å². The Morgan fingerprint density at radius 1 is 1.35 bits per heavy atom. The van der Waals surface area contributed by atoms with E-state index in [1.54, 1.807) is 6.07 Å². The van der Waals surface area contributed by atoms with Gasteiger partial charge in [-0.15, -0.1) is 11.3 Å². The molecule has 0 aromatic carbocycles. The van der Waals surface area contributed by atoms with Gasteiger partial charge in [-0.05, 0) is 40.9 Å². The van der Waals surface area contributed by atoms with Gasteiger partial charge in [0.15, 0.2) is 5.78 Å². The zero-order valence-electron chi connectivity index (χ0n) is 9.49. The molecule has 1 fully saturated rings. The first-order valence-electron chi connectivity index (χ1n) is 5.82. The summed E-state index contributed by atoms with van der Waals surface area (Å²) in [5.41, 5.74) is 0. The van der Waals surface area contributed by atoms with Crippen LogP contribution >= 0.6 is 27.3 Å². The van der Waals surface area contributed by atoms with Gasteiger partial charge >= 0.3 is 0 Å². The van der Waals surface area contributed by atoms with Crippen LogP contribution in [0.1, 0.15) is 41.8 Å². The smallest absolute Gasteiger partial charge is 0.185 e. The van der Waals surface area contributed by atoms with Crippen molar-refractivity contribution >= 4 is 43.8 Å². The second-order valence-corrected chi connectivity index (χ2v) is 8.49. The fourth-order valence-corrected chi connectivity index (χ4v) is 5.03. The minimum Gasteiger partial charge on any atom is -0.292 e. The summed E-state index contributed by atoms with van der Waals surface area (Å²) in [6.07, 6.45) is 5.62. The second kappa shape index (κ2) is 6.25. The average molecular weight is 335 g/mol. The number of carbonyl (C=O) groups excluding carboxylic acids is 1. The van der Waals surface area contributed by atoms with Crippen LogP contribution in [0.5, 0.6) is 0 Å². The Kier molecular flexibility index (Phi) is 4.94. The van der Waals surface area contributed by atoms with E-state index in [9.17, 15) is 9.00 Å². The maximum Gasteiger partial charge on any atom is 0.185 e. The Morgan fingerprint density at radius 3 is 2.65 bits per heavy atom. The molecule has 0 saturated heterocycles. The summed E-state index contributed by atoms with van der Waals surface area (Å²) in [6.45, 7) is 0. The molecule has 1 unspecified atom stereocenters. The highest BCUT2D eigenvalue weighted by atomic mass is 79.9. The third kappa shape index (κ3) is 3.73. The molecule has 0 aliphatic heterocycles. The van der Waals surface area contributed by atoms with Crippen LogP contribution in [0.3, 0.4) is 0 Å². The van der Waals surface area contributed by atoms with Gasteiger partial charge in [0, 0.05) is 16.0 Å². The van der Waals surface area contributed by atoms with Gasteiger partial charge < -0.3 is 0 Å². The molecule has 1 aliphatic carbocycles. The van der Waals surface area contributed by atoms with Crippen molar-refractivity contribution in [2.24, 2.45) is 0 Å². The van der Waals surface area contributed by atoms with Gasteiger partial charge in [0.25, 0.3) is 0 Å². The summed E-state index contributed by atoms with van der Waals surface area (Å²) in [5.74, 6) is 0.210. The molecule has 0 amide bonds. The molecule has 2 rings (SSSR count). The number of rotatable bonds is 4. The molecule has 0 radical (unpaired) electrons. The van der Waals surface area contributed by atoms with Gasteiger partial charge in [-0.2, -0.15) is 0 Å². The predicted molar refractivity (Wildman–Crippen MR) is 76.2 cm³/mol. The maximum absolute atomic E-state index is 12.1. The van der Waals surface area contributed by atoms with Crippen molar-refractivity contribution in [3.63, 3.8) is 0 Å². The van der Waals surface area contributed by atoms with Crippen LogP contribution in [0.2, 0.25) is 0 Å². The first kappa shape index (κ1) is 13.4. The molecule has 1 saturated carbocycles. The van der Waals surface area contributed by atoms with Gasteiger partial charge in [0.2, 0.25) is 0 Å². The van der Waals surface area contributed by atoms with Gasteiger partial charge in [-0.1, -0.05) is 19.3 Å². The molecule has 17 heavy (non-hydrogen) atoms. The van der Waals surface area contributed by atoms with Crippen LogP contribution < -0.4 is 0 Å². The molecule has 5 heteroatoms. The normalized spacial score (nSPS) is 19.1. The first-order valence-corrected chi connectivity index (χ1v) is 8.81. The van der Waals surface area contributed by atoms with Crippen molar-refractivity contribution < 1.29 is 9.00 Å². The second-order valence-electron chi connectivity index (χ2n) is 4.31. The van der Waals surface area contributed by atoms with Crippen molar-refractivity contribution in [1.29, 1.82) is 0 Å². The van der Waals surface area contributed by atoms with Crippen LogP contribution in [0.4, 0.5) is 0 Å². The molecule has 1 aliphatic rings. The maximum atomic E-state index is 12.1. The van der Waals surface area contributed by atoms with E-state index in [1.807, 2.05) is 6.07 Å². The predicted octanol–water partition coefficient (Wildman–Crippen LogP) is 3.77. The highest BCUT2D eigenvalue weighted by molar-refractivity contribution is 9.11. The van der Waals surface area contributed by atoms with Gasteiger partial charge in [0.05, 0.1) is 14.4 Å². The standard InChI is InChI=1S/C12H15BrO2S2/c13-12-7-6-11(16-12)10(14)8-17(15)9-4-2-1-3-5-9/h6-7,9H,1-5,8H2. The fraction of sp³-hybridized carbons (Fsp3) is 0.583. The average Bonchev–Trinajstić information content (AvgIpc) is 2.77. The number of hydrogen-bond acceptors (Lipinski definition) is 3. The Labute approximate surface area is 116 Å². The molecule has 1 atom stereocenters. The summed E-state index contributed by atoms with van der Waals surface area (Å²) in [4.78, 5) is 12.6.